The molecular weight excluding hydrogens is 269 g/mol. The van der Waals surface area contributed by atoms with Crippen LogP contribution < -0.4 is 5.32 Å². The Kier molecular flexibility index (Phi) is 3.65. The number of nitrogens with one attached hydrogen (secondary N) is 1. The van der Waals surface area contributed by atoms with Crippen molar-refractivity contribution in [1.82, 2.24) is 5.32 Å². The zero-order chi connectivity index (χ0) is 11.7. The molecule has 0 aromatic heterocycles. The van der Waals surface area contributed by atoms with Crippen molar-refractivity contribution in [2.24, 2.45) is 5.92 Å². The van der Waals surface area contributed by atoms with E-state index in [1.165, 1.54) is 12.0 Å². The Hall–Kier alpha value is -0.410. The van der Waals surface area contributed by atoms with Gasteiger partial charge in [0.1, 0.15) is 5.82 Å². The molecule has 1 saturated carbocycles. The molecule has 16 heavy (non-hydrogen) atoms. The molecule has 0 bridgehead atoms. The molecule has 0 heterocycles. The Morgan fingerprint density at radius 2 is 2.25 bits per heavy atom. The standard InChI is InChI=1S/C13H17BrFN/c1-3-9-10(7-13(9)16-2)8-4-5-12(15)11(14)6-8/h4-6,9-10,13,16H,3,7H2,1-2H3. The predicted molar refractivity (Wildman–Crippen MR) is 68.1 cm³/mol. The van der Waals surface area contributed by atoms with Crippen LogP contribution in [0.25, 0.3) is 0 Å². The highest BCUT2D eigenvalue weighted by Crippen LogP contribution is 2.45. The van der Waals surface area contributed by atoms with E-state index in [1.54, 1.807) is 6.07 Å². The number of hydrogen-bond acceptors (Lipinski definition) is 1. The van der Waals surface area contributed by atoms with Crippen LogP contribution in [-0.4, -0.2) is 13.1 Å². The average molecular weight is 286 g/mol. The molecule has 2 rings (SSSR count). The molecule has 1 aromatic carbocycles. The third kappa shape index (κ3) is 2.03. The van der Waals surface area contributed by atoms with E-state index in [4.69, 9.17) is 0 Å². The molecule has 0 amide bonds. The Bertz CT molecular complexity index is 380. The van der Waals surface area contributed by atoms with Crippen molar-refractivity contribution in [3.8, 4) is 0 Å². The summed E-state index contributed by atoms with van der Waals surface area (Å²) in [4.78, 5) is 0. The van der Waals surface area contributed by atoms with Crippen molar-refractivity contribution in [3.63, 3.8) is 0 Å². The first-order valence-electron chi connectivity index (χ1n) is 5.79. The van der Waals surface area contributed by atoms with Gasteiger partial charge in [0.25, 0.3) is 0 Å². The van der Waals surface area contributed by atoms with Gasteiger partial charge in [0, 0.05) is 6.04 Å². The third-order valence-corrected chi connectivity index (χ3v) is 4.36. The minimum Gasteiger partial charge on any atom is -0.317 e. The van der Waals surface area contributed by atoms with Gasteiger partial charge in [0.2, 0.25) is 0 Å². The molecule has 1 aromatic rings. The second-order valence-electron chi connectivity index (χ2n) is 4.48. The largest absolute Gasteiger partial charge is 0.317 e. The lowest BCUT2D eigenvalue weighted by molar-refractivity contribution is 0.169. The summed E-state index contributed by atoms with van der Waals surface area (Å²) in [5, 5.41) is 3.34. The smallest absolute Gasteiger partial charge is 0.137 e. The molecule has 3 unspecified atom stereocenters. The fraction of sp³-hybridized carbons (Fsp3) is 0.538. The minimum atomic E-state index is -0.179. The maximum atomic E-state index is 13.1. The molecule has 1 N–H and O–H groups in total. The van der Waals surface area contributed by atoms with Crippen LogP contribution in [0, 0.1) is 11.7 Å². The summed E-state index contributed by atoms with van der Waals surface area (Å²) in [5.74, 6) is 1.09. The lowest BCUT2D eigenvalue weighted by Gasteiger charge is -2.45. The summed E-state index contributed by atoms with van der Waals surface area (Å²) >= 11 is 3.25. The SMILES string of the molecule is CCC1C(NC)CC1c1ccc(F)c(Br)c1. The van der Waals surface area contributed by atoms with E-state index < -0.39 is 0 Å². The van der Waals surface area contributed by atoms with Crippen LogP contribution in [0.15, 0.2) is 22.7 Å². The van der Waals surface area contributed by atoms with Crippen LogP contribution in [0.4, 0.5) is 4.39 Å². The number of hydrogen-bond donors (Lipinski definition) is 1. The number of rotatable bonds is 3. The molecule has 0 spiro atoms. The van der Waals surface area contributed by atoms with Crippen LogP contribution in [-0.2, 0) is 0 Å². The molecule has 1 nitrogen and oxygen atoms in total. The second-order valence-corrected chi connectivity index (χ2v) is 5.34. The first-order chi connectivity index (χ1) is 7.67. The van der Waals surface area contributed by atoms with E-state index in [0.717, 1.165) is 6.42 Å². The summed E-state index contributed by atoms with van der Waals surface area (Å²) < 4.78 is 13.7. The first kappa shape index (κ1) is 12.1. The molecule has 1 aliphatic rings. The topological polar surface area (TPSA) is 12.0 Å². The van der Waals surface area contributed by atoms with Gasteiger partial charge in [0.15, 0.2) is 0 Å². The van der Waals surface area contributed by atoms with Gasteiger partial charge < -0.3 is 5.32 Å². The van der Waals surface area contributed by atoms with E-state index in [2.05, 4.69) is 28.2 Å². The molecule has 1 aliphatic carbocycles. The summed E-state index contributed by atoms with van der Waals surface area (Å²) in [6, 6.07) is 6.02. The Labute approximate surface area is 105 Å². The van der Waals surface area contributed by atoms with Gasteiger partial charge >= 0.3 is 0 Å². The first-order valence-corrected chi connectivity index (χ1v) is 6.58. The van der Waals surface area contributed by atoms with Crippen LogP contribution in [0.1, 0.15) is 31.2 Å². The third-order valence-electron chi connectivity index (χ3n) is 3.76. The summed E-state index contributed by atoms with van der Waals surface area (Å²) in [5.41, 5.74) is 1.26. The lowest BCUT2D eigenvalue weighted by atomic mass is 9.65. The molecular formula is C13H17BrFN. The number of benzene rings is 1. The van der Waals surface area contributed by atoms with Gasteiger partial charge in [-0.2, -0.15) is 0 Å². The monoisotopic (exact) mass is 285 g/mol. The van der Waals surface area contributed by atoms with Crippen LogP contribution in [0.2, 0.25) is 0 Å². The van der Waals surface area contributed by atoms with Crippen LogP contribution in [0.5, 0.6) is 0 Å². The highest BCUT2D eigenvalue weighted by atomic mass is 79.9. The van der Waals surface area contributed by atoms with E-state index in [9.17, 15) is 4.39 Å². The fourth-order valence-electron chi connectivity index (χ4n) is 2.73. The average Bonchev–Trinajstić information content (AvgIpc) is 2.23. The molecule has 88 valence electrons. The maximum Gasteiger partial charge on any atom is 0.137 e. The van der Waals surface area contributed by atoms with Gasteiger partial charge in [-0.05, 0) is 58.9 Å². The van der Waals surface area contributed by atoms with E-state index in [1.807, 2.05) is 19.2 Å². The lowest BCUT2D eigenvalue weighted by Crippen LogP contribution is -2.47. The molecule has 0 radical (unpaired) electrons. The highest BCUT2D eigenvalue weighted by Gasteiger charge is 2.39. The van der Waals surface area contributed by atoms with Crippen molar-refractivity contribution in [2.75, 3.05) is 7.05 Å². The van der Waals surface area contributed by atoms with Gasteiger partial charge in [-0.25, -0.2) is 4.39 Å². The summed E-state index contributed by atoms with van der Waals surface area (Å²) in [6.45, 7) is 2.22. The Balaban J connectivity index is 2.16. The quantitative estimate of drug-likeness (QED) is 0.893. The van der Waals surface area contributed by atoms with Gasteiger partial charge in [-0.3, -0.25) is 0 Å². The summed E-state index contributed by atoms with van der Waals surface area (Å²) in [6.07, 6.45) is 2.33. The maximum absolute atomic E-state index is 13.1. The zero-order valence-electron chi connectivity index (χ0n) is 9.63. The van der Waals surface area contributed by atoms with Crippen molar-refractivity contribution in [1.29, 1.82) is 0 Å². The van der Waals surface area contributed by atoms with Gasteiger partial charge in [-0.15, -0.1) is 0 Å². The molecule has 3 atom stereocenters. The highest BCUT2D eigenvalue weighted by molar-refractivity contribution is 9.10. The zero-order valence-corrected chi connectivity index (χ0v) is 11.2. The number of halogens is 2. The van der Waals surface area contributed by atoms with E-state index in [-0.39, 0.29) is 5.82 Å². The van der Waals surface area contributed by atoms with Crippen molar-refractivity contribution in [2.45, 2.75) is 31.7 Å². The van der Waals surface area contributed by atoms with Gasteiger partial charge in [-0.1, -0.05) is 19.4 Å². The summed E-state index contributed by atoms with van der Waals surface area (Å²) in [7, 11) is 2.02. The Morgan fingerprint density at radius 1 is 1.50 bits per heavy atom. The fourth-order valence-corrected chi connectivity index (χ4v) is 3.13. The molecule has 1 fully saturated rings. The van der Waals surface area contributed by atoms with Crippen LogP contribution >= 0.6 is 15.9 Å². The normalized spacial score (nSPS) is 28.9. The molecule has 0 saturated heterocycles. The molecule has 0 aliphatic heterocycles. The van der Waals surface area contributed by atoms with E-state index in [0.29, 0.717) is 22.4 Å². The Morgan fingerprint density at radius 3 is 2.81 bits per heavy atom. The van der Waals surface area contributed by atoms with Crippen molar-refractivity contribution < 1.29 is 4.39 Å². The van der Waals surface area contributed by atoms with Crippen molar-refractivity contribution >= 4 is 15.9 Å². The van der Waals surface area contributed by atoms with E-state index >= 15 is 0 Å². The molecule has 3 heteroatoms. The second kappa shape index (κ2) is 4.84. The van der Waals surface area contributed by atoms with Crippen LogP contribution in [0.3, 0.4) is 0 Å². The van der Waals surface area contributed by atoms with Gasteiger partial charge in [0.05, 0.1) is 4.47 Å². The van der Waals surface area contributed by atoms with Crippen molar-refractivity contribution in [3.05, 3.63) is 34.1 Å². The predicted octanol–water partition coefficient (Wildman–Crippen LogP) is 3.69. The minimum absolute atomic E-state index is 0.179.